The highest BCUT2D eigenvalue weighted by Gasteiger charge is 2.14. The molecule has 0 bridgehead atoms. The number of hydrogen-bond donors (Lipinski definition) is 4. The Morgan fingerprint density at radius 1 is 1.25 bits per heavy atom. The average molecular weight is 376 g/mol. The fourth-order valence-corrected chi connectivity index (χ4v) is 1.65. The van der Waals surface area contributed by atoms with Crippen LogP contribution in [-0.2, 0) is 10.1 Å². The van der Waals surface area contributed by atoms with E-state index in [0.717, 1.165) is 0 Å². The molecule has 11 heteroatoms. The number of benzene rings is 1. The van der Waals surface area contributed by atoms with Crippen molar-refractivity contribution in [2.75, 3.05) is 6.26 Å². The topological polar surface area (TPSA) is 169 Å². The number of amides is 1. The third kappa shape index (κ3) is 6.69. The zero-order valence-corrected chi connectivity index (χ0v) is 13.9. The SMILES string of the molecule is CS(=O)(=O)O.NC(N)=NC(=O)c1ccc(-c2cc(Cl)ccc2O)o1. The van der Waals surface area contributed by atoms with Crippen molar-refractivity contribution in [2.45, 2.75) is 0 Å². The van der Waals surface area contributed by atoms with Crippen molar-refractivity contribution < 1.29 is 27.3 Å². The van der Waals surface area contributed by atoms with Gasteiger partial charge in [0, 0.05) is 5.02 Å². The van der Waals surface area contributed by atoms with Crippen LogP contribution in [0.4, 0.5) is 0 Å². The molecule has 1 aromatic carbocycles. The van der Waals surface area contributed by atoms with Crippen LogP contribution in [0.5, 0.6) is 5.75 Å². The van der Waals surface area contributed by atoms with Crippen molar-refractivity contribution in [2.24, 2.45) is 16.5 Å². The number of aromatic hydroxyl groups is 1. The first kappa shape index (κ1) is 19.5. The van der Waals surface area contributed by atoms with Gasteiger partial charge in [0.2, 0.25) is 0 Å². The van der Waals surface area contributed by atoms with E-state index in [1.807, 2.05) is 0 Å². The average Bonchev–Trinajstić information content (AvgIpc) is 2.88. The van der Waals surface area contributed by atoms with Crippen LogP contribution < -0.4 is 11.5 Å². The van der Waals surface area contributed by atoms with Gasteiger partial charge in [0.05, 0.1) is 11.8 Å². The summed E-state index contributed by atoms with van der Waals surface area (Å²) in [5.41, 5.74) is 10.6. The summed E-state index contributed by atoms with van der Waals surface area (Å²) in [5, 5.41) is 10.1. The lowest BCUT2D eigenvalue weighted by Crippen LogP contribution is -2.24. The Labute approximate surface area is 142 Å². The van der Waals surface area contributed by atoms with Gasteiger partial charge in [-0.25, -0.2) is 0 Å². The quantitative estimate of drug-likeness (QED) is 0.345. The van der Waals surface area contributed by atoms with Gasteiger partial charge in [0.15, 0.2) is 11.7 Å². The van der Waals surface area contributed by atoms with E-state index in [2.05, 4.69) is 4.99 Å². The zero-order valence-electron chi connectivity index (χ0n) is 12.3. The molecule has 0 aliphatic rings. The predicted octanol–water partition coefficient (Wildman–Crippen LogP) is 1.22. The maximum absolute atomic E-state index is 11.5. The van der Waals surface area contributed by atoms with Gasteiger partial charge in [0.1, 0.15) is 11.5 Å². The van der Waals surface area contributed by atoms with E-state index in [1.165, 1.54) is 30.3 Å². The second kappa shape index (κ2) is 7.81. The number of rotatable bonds is 2. The summed E-state index contributed by atoms with van der Waals surface area (Å²) in [6, 6.07) is 7.41. The molecule has 0 spiro atoms. The van der Waals surface area contributed by atoms with Crippen LogP contribution in [0.25, 0.3) is 11.3 Å². The first-order chi connectivity index (χ1) is 11.0. The molecule has 1 amide bonds. The number of furan rings is 1. The van der Waals surface area contributed by atoms with Gasteiger partial charge in [-0.3, -0.25) is 9.35 Å². The number of hydrogen-bond acceptors (Lipinski definition) is 5. The summed E-state index contributed by atoms with van der Waals surface area (Å²) in [5.74, 6) is -0.821. The van der Waals surface area contributed by atoms with Crippen molar-refractivity contribution in [3.63, 3.8) is 0 Å². The molecule has 0 radical (unpaired) electrons. The van der Waals surface area contributed by atoms with Crippen molar-refractivity contribution in [1.29, 1.82) is 0 Å². The van der Waals surface area contributed by atoms with Crippen molar-refractivity contribution in [3.05, 3.63) is 41.1 Å². The molecule has 9 nitrogen and oxygen atoms in total. The first-order valence-electron chi connectivity index (χ1n) is 6.12. The Bertz CT molecular complexity index is 864. The number of carbonyl (C=O) groups is 1. The summed E-state index contributed by atoms with van der Waals surface area (Å²) in [7, 11) is -3.67. The van der Waals surface area contributed by atoms with Gasteiger partial charge in [-0.05, 0) is 30.3 Å². The molecular formula is C13H14ClN3O6S. The highest BCUT2D eigenvalue weighted by Crippen LogP contribution is 2.32. The van der Waals surface area contributed by atoms with Gasteiger partial charge in [-0.1, -0.05) is 11.6 Å². The van der Waals surface area contributed by atoms with E-state index in [-0.39, 0.29) is 23.2 Å². The Hall–Kier alpha value is -2.56. The first-order valence-corrected chi connectivity index (χ1v) is 8.35. The van der Waals surface area contributed by atoms with Gasteiger partial charge in [0.25, 0.3) is 10.1 Å². The molecule has 6 N–H and O–H groups in total. The number of aliphatic imine (C=N–C) groups is 1. The molecule has 1 aromatic heterocycles. The molecule has 130 valence electrons. The summed E-state index contributed by atoms with van der Waals surface area (Å²) in [4.78, 5) is 14.9. The standard InChI is InChI=1S/C12H10ClN3O3.CH4O3S/c13-6-1-2-8(17)7(5-6)9-3-4-10(19-9)11(18)16-12(14)15;1-5(2,3)4/h1-5,17H,(H4,14,15,16,18);1H3,(H,2,3,4). The number of phenols is 1. The Morgan fingerprint density at radius 3 is 2.38 bits per heavy atom. The maximum atomic E-state index is 11.5. The molecule has 0 saturated heterocycles. The molecule has 0 atom stereocenters. The van der Waals surface area contributed by atoms with E-state index in [0.29, 0.717) is 16.8 Å². The van der Waals surface area contributed by atoms with Crippen LogP contribution in [0.15, 0.2) is 39.7 Å². The maximum Gasteiger partial charge on any atom is 0.315 e. The molecule has 0 unspecified atom stereocenters. The molecule has 0 aliphatic heterocycles. The number of carbonyl (C=O) groups excluding carboxylic acids is 1. The lowest BCUT2D eigenvalue weighted by molar-refractivity contribution is 0.0977. The van der Waals surface area contributed by atoms with E-state index in [1.54, 1.807) is 0 Å². The fourth-order valence-electron chi connectivity index (χ4n) is 1.48. The van der Waals surface area contributed by atoms with E-state index >= 15 is 0 Å². The Morgan fingerprint density at radius 2 is 1.83 bits per heavy atom. The van der Waals surface area contributed by atoms with Gasteiger partial charge in [-0.15, -0.1) is 0 Å². The molecule has 0 fully saturated rings. The summed E-state index contributed by atoms with van der Waals surface area (Å²) >= 11 is 5.83. The third-order valence-electron chi connectivity index (χ3n) is 2.27. The smallest absolute Gasteiger partial charge is 0.315 e. The van der Waals surface area contributed by atoms with Crippen LogP contribution in [0.3, 0.4) is 0 Å². The molecule has 2 aromatic rings. The molecule has 1 heterocycles. The van der Waals surface area contributed by atoms with E-state index in [9.17, 15) is 18.3 Å². The lowest BCUT2D eigenvalue weighted by atomic mass is 10.1. The molecule has 24 heavy (non-hydrogen) atoms. The minimum Gasteiger partial charge on any atom is -0.507 e. The van der Waals surface area contributed by atoms with Crippen molar-refractivity contribution in [1.82, 2.24) is 0 Å². The van der Waals surface area contributed by atoms with Crippen LogP contribution in [-0.4, -0.2) is 36.2 Å². The predicted molar refractivity (Wildman–Crippen MR) is 88.4 cm³/mol. The molecular weight excluding hydrogens is 362 g/mol. The van der Waals surface area contributed by atoms with Gasteiger partial charge < -0.3 is 21.0 Å². The Kier molecular flexibility index (Phi) is 6.35. The second-order valence-electron chi connectivity index (χ2n) is 4.40. The number of guanidine groups is 1. The Balaban J connectivity index is 0.000000505. The van der Waals surface area contributed by atoms with E-state index < -0.39 is 16.0 Å². The van der Waals surface area contributed by atoms with Crippen molar-refractivity contribution >= 4 is 33.6 Å². The molecule has 0 aliphatic carbocycles. The molecule has 0 saturated carbocycles. The number of phenolic OH excluding ortho intramolecular Hbond substituents is 1. The number of nitrogens with zero attached hydrogens (tertiary/aromatic N) is 1. The monoisotopic (exact) mass is 375 g/mol. The van der Waals surface area contributed by atoms with Crippen molar-refractivity contribution in [3.8, 4) is 17.1 Å². The number of nitrogens with two attached hydrogens (primary N) is 2. The number of halogens is 1. The zero-order chi connectivity index (χ0) is 18.5. The minimum atomic E-state index is -3.67. The highest BCUT2D eigenvalue weighted by molar-refractivity contribution is 7.85. The largest absolute Gasteiger partial charge is 0.507 e. The van der Waals surface area contributed by atoms with Crippen LogP contribution in [0.2, 0.25) is 5.02 Å². The van der Waals surface area contributed by atoms with Gasteiger partial charge in [-0.2, -0.15) is 13.4 Å². The lowest BCUT2D eigenvalue weighted by Gasteiger charge is -2.01. The summed E-state index contributed by atoms with van der Waals surface area (Å²) in [6.07, 6.45) is 0.715. The summed E-state index contributed by atoms with van der Waals surface area (Å²) in [6.45, 7) is 0. The molecule has 2 rings (SSSR count). The van der Waals surface area contributed by atoms with E-state index in [4.69, 9.17) is 32.0 Å². The van der Waals surface area contributed by atoms with Crippen LogP contribution in [0.1, 0.15) is 10.6 Å². The highest BCUT2D eigenvalue weighted by atomic mass is 35.5. The third-order valence-corrected chi connectivity index (χ3v) is 2.51. The van der Waals surface area contributed by atoms with Gasteiger partial charge >= 0.3 is 5.91 Å². The fraction of sp³-hybridized carbons (Fsp3) is 0.0769. The summed E-state index contributed by atoms with van der Waals surface area (Å²) < 4.78 is 31.1. The van der Waals surface area contributed by atoms with Crippen LogP contribution >= 0.6 is 11.6 Å². The van der Waals surface area contributed by atoms with Crippen LogP contribution in [0, 0.1) is 0 Å². The normalized spacial score (nSPS) is 10.5. The second-order valence-corrected chi connectivity index (χ2v) is 6.30. The minimum absolute atomic E-state index is 0.0143.